The monoisotopic (exact) mass is 595 g/mol. The van der Waals surface area contributed by atoms with Crippen LogP contribution in [0.4, 0.5) is 11.6 Å². The third kappa shape index (κ3) is 5.25. The number of allylic oxidation sites excluding steroid dienone is 1. The highest BCUT2D eigenvalue weighted by atomic mass is 79.9. The molecule has 1 aliphatic rings. The summed E-state index contributed by atoms with van der Waals surface area (Å²) < 4.78 is 2.25. The zero-order chi connectivity index (χ0) is 26.1. The number of nitrogens with one attached hydrogen (secondary N) is 2. The number of aromatic hydroxyl groups is 1. The van der Waals surface area contributed by atoms with Crippen molar-refractivity contribution in [3.63, 3.8) is 0 Å². The Labute approximate surface area is 232 Å². The number of hydrogen-bond donors (Lipinski definition) is 3. The van der Waals surface area contributed by atoms with Crippen molar-refractivity contribution < 1.29 is 9.90 Å². The molecular weight excluding hydrogens is 574 g/mol. The highest BCUT2D eigenvalue weighted by Crippen LogP contribution is 2.39. The Bertz CT molecular complexity index is 1540. The summed E-state index contributed by atoms with van der Waals surface area (Å²) in [4.78, 5) is 18.3. The molecule has 5 rings (SSSR count). The molecule has 0 bridgehead atoms. The fourth-order valence-corrected chi connectivity index (χ4v) is 5.52. The van der Waals surface area contributed by atoms with E-state index in [9.17, 15) is 9.90 Å². The van der Waals surface area contributed by atoms with Crippen LogP contribution in [0.5, 0.6) is 5.75 Å². The minimum absolute atomic E-state index is 0.0716. The van der Waals surface area contributed by atoms with Gasteiger partial charge in [-0.05, 0) is 70.7 Å². The standard InChI is InChI=1S/C27H23BrClN5O2S/c1-15-7-3-6-10-21(15)31-25(36)23-16(2)30-26-32-27(37-14-18-8-4-5-9-20(18)29)33-34(26)24(23)17-11-12-19(28)22(35)13-17/h3-13,24,35H,14H2,1-2H3,(H,31,36)(H,30,32,33). The predicted octanol–water partition coefficient (Wildman–Crippen LogP) is 6.93. The van der Waals surface area contributed by atoms with Gasteiger partial charge in [0.1, 0.15) is 11.8 Å². The van der Waals surface area contributed by atoms with Crippen LogP contribution in [0.3, 0.4) is 0 Å². The molecule has 1 amide bonds. The van der Waals surface area contributed by atoms with Crippen LogP contribution in [0.25, 0.3) is 0 Å². The first-order valence-electron chi connectivity index (χ1n) is 11.5. The Hall–Kier alpha value is -3.27. The molecule has 3 aromatic carbocycles. The van der Waals surface area contributed by atoms with Crippen molar-refractivity contribution in [1.82, 2.24) is 14.8 Å². The van der Waals surface area contributed by atoms with E-state index < -0.39 is 6.04 Å². The summed E-state index contributed by atoms with van der Waals surface area (Å²) in [6.07, 6.45) is 0. The van der Waals surface area contributed by atoms with Gasteiger partial charge in [-0.1, -0.05) is 65.8 Å². The maximum atomic E-state index is 13.7. The van der Waals surface area contributed by atoms with Gasteiger partial charge in [0.15, 0.2) is 0 Å². The Balaban J connectivity index is 1.52. The molecule has 4 aromatic rings. The number of phenolic OH excluding ortho intramolecular Hbond substituents is 1. The Morgan fingerprint density at radius 1 is 1.16 bits per heavy atom. The lowest BCUT2D eigenvalue weighted by atomic mass is 9.94. The highest BCUT2D eigenvalue weighted by Gasteiger charge is 2.35. The molecule has 0 fully saturated rings. The van der Waals surface area contributed by atoms with Crippen LogP contribution in [0.15, 0.2) is 87.6 Å². The summed E-state index contributed by atoms with van der Waals surface area (Å²) in [5.74, 6) is 0.916. The van der Waals surface area contributed by atoms with Gasteiger partial charge >= 0.3 is 0 Å². The number of fused-ring (bicyclic) bond motifs is 1. The zero-order valence-corrected chi connectivity index (χ0v) is 23.2. The molecular formula is C27H23BrClN5O2S. The normalized spacial score (nSPS) is 14.8. The fraction of sp³-hybridized carbons (Fsp3) is 0.148. The Morgan fingerprint density at radius 3 is 2.68 bits per heavy atom. The first-order valence-corrected chi connectivity index (χ1v) is 13.6. The minimum Gasteiger partial charge on any atom is -0.507 e. The van der Waals surface area contributed by atoms with Gasteiger partial charge in [0.2, 0.25) is 11.1 Å². The second kappa shape index (κ2) is 10.6. The number of carbonyl (C=O) groups is 1. The molecule has 2 heterocycles. The quantitative estimate of drug-likeness (QED) is 0.209. The number of para-hydroxylation sites is 1. The lowest BCUT2D eigenvalue weighted by Gasteiger charge is -2.29. The predicted molar refractivity (Wildman–Crippen MR) is 151 cm³/mol. The zero-order valence-electron chi connectivity index (χ0n) is 20.0. The van der Waals surface area contributed by atoms with E-state index >= 15 is 0 Å². The van der Waals surface area contributed by atoms with E-state index in [0.29, 0.717) is 43.2 Å². The number of nitrogens with zero attached hydrogens (tertiary/aromatic N) is 3. The van der Waals surface area contributed by atoms with E-state index in [2.05, 4.69) is 31.5 Å². The lowest BCUT2D eigenvalue weighted by Crippen LogP contribution is -2.31. The average Bonchev–Trinajstić information content (AvgIpc) is 3.28. The summed E-state index contributed by atoms with van der Waals surface area (Å²) in [5, 5.41) is 22.7. The molecule has 37 heavy (non-hydrogen) atoms. The minimum atomic E-state index is -0.610. The van der Waals surface area contributed by atoms with Crippen LogP contribution in [0.2, 0.25) is 5.02 Å². The number of benzene rings is 3. The molecule has 0 spiro atoms. The maximum Gasteiger partial charge on any atom is 0.255 e. The number of anilines is 2. The van der Waals surface area contributed by atoms with E-state index in [1.165, 1.54) is 11.8 Å². The van der Waals surface area contributed by atoms with Gasteiger partial charge < -0.3 is 15.7 Å². The SMILES string of the molecule is CC1=C(C(=O)Nc2ccccc2C)C(c2ccc(Br)c(O)c2)n2nc(SCc3ccccc3Cl)nc2N1. The van der Waals surface area contributed by atoms with E-state index in [4.69, 9.17) is 16.7 Å². The third-order valence-electron chi connectivity index (χ3n) is 6.07. The van der Waals surface area contributed by atoms with Gasteiger partial charge in [-0.2, -0.15) is 4.98 Å². The third-order valence-corrected chi connectivity index (χ3v) is 8.00. The number of rotatable bonds is 6. The Kier molecular flexibility index (Phi) is 7.28. The molecule has 1 unspecified atom stereocenters. The van der Waals surface area contributed by atoms with E-state index in [0.717, 1.165) is 16.8 Å². The molecule has 0 saturated carbocycles. The van der Waals surface area contributed by atoms with E-state index in [1.54, 1.807) is 16.8 Å². The van der Waals surface area contributed by atoms with Gasteiger partial charge in [0.25, 0.3) is 5.91 Å². The van der Waals surface area contributed by atoms with Crippen molar-refractivity contribution in [1.29, 1.82) is 0 Å². The number of amides is 1. The van der Waals surface area contributed by atoms with E-state index in [-0.39, 0.29) is 11.7 Å². The van der Waals surface area contributed by atoms with Crippen LogP contribution in [-0.2, 0) is 10.5 Å². The number of phenols is 1. The lowest BCUT2D eigenvalue weighted by molar-refractivity contribution is -0.113. The molecule has 10 heteroatoms. The summed E-state index contributed by atoms with van der Waals surface area (Å²) in [7, 11) is 0. The number of thioether (sulfide) groups is 1. The molecule has 1 aliphatic heterocycles. The van der Waals surface area contributed by atoms with Crippen molar-refractivity contribution in [3.05, 3.63) is 104 Å². The fourth-order valence-electron chi connectivity index (χ4n) is 4.16. The summed E-state index contributed by atoms with van der Waals surface area (Å²) >= 11 is 11.1. The van der Waals surface area contributed by atoms with Crippen molar-refractivity contribution in [2.75, 3.05) is 10.6 Å². The van der Waals surface area contributed by atoms with Crippen LogP contribution in [-0.4, -0.2) is 25.8 Å². The second-order valence-corrected chi connectivity index (χ2v) is 10.8. The maximum absolute atomic E-state index is 13.7. The van der Waals surface area contributed by atoms with Crippen molar-refractivity contribution in [3.8, 4) is 5.75 Å². The van der Waals surface area contributed by atoms with Crippen LogP contribution in [0.1, 0.15) is 29.7 Å². The first kappa shape index (κ1) is 25.4. The summed E-state index contributed by atoms with van der Waals surface area (Å²) in [6.45, 7) is 3.78. The molecule has 1 aromatic heterocycles. The van der Waals surface area contributed by atoms with Crippen molar-refractivity contribution in [2.45, 2.75) is 30.8 Å². The van der Waals surface area contributed by atoms with Gasteiger partial charge in [-0.3, -0.25) is 4.79 Å². The molecule has 188 valence electrons. The topological polar surface area (TPSA) is 92.1 Å². The van der Waals surface area contributed by atoms with Crippen LogP contribution >= 0.6 is 39.3 Å². The largest absolute Gasteiger partial charge is 0.507 e. The van der Waals surface area contributed by atoms with Gasteiger partial charge in [-0.15, -0.1) is 5.10 Å². The van der Waals surface area contributed by atoms with E-state index in [1.807, 2.05) is 68.4 Å². The number of aryl methyl sites for hydroxylation is 1. The van der Waals surface area contributed by atoms with Crippen LogP contribution in [0, 0.1) is 6.92 Å². The molecule has 0 radical (unpaired) electrons. The smallest absolute Gasteiger partial charge is 0.255 e. The average molecular weight is 597 g/mol. The van der Waals surface area contributed by atoms with Gasteiger partial charge in [0.05, 0.1) is 10.0 Å². The summed E-state index contributed by atoms with van der Waals surface area (Å²) in [6, 6.07) is 19.9. The summed E-state index contributed by atoms with van der Waals surface area (Å²) in [5.41, 5.74) is 4.49. The molecule has 0 saturated heterocycles. The number of carbonyl (C=O) groups excluding carboxylic acids is 1. The molecule has 3 N–H and O–H groups in total. The van der Waals surface area contributed by atoms with Crippen LogP contribution < -0.4 is 10.6 Å². The van der Waals surface area contributed by atoms with Gasteiger partial charge in [-0.25, -0.2) is 4.68 Å². The molecule has 0 aliphatic carbocycles. The number of aromatic nitrogens is 3. The molecule has 7 nitrogen and oxygen atoms in total. The van der Waals surface area contributed by atoms with Gasteiger partial charge in [0, 0.05) is 22.2 Å². The first-order chi connectivity index (χ1) is 17.8. The number of halogens is 2. The number of hydrogen-bond acceptors (Lipinski definition) is 6. The van der Waals surface area contributed by atoms with Crippen molar-refractivity contribution >= 4 is 56.8 Å². The van der Waals surface area contributed by atoms with Crippen molar-refractivity contribution in [2.24, 2.45) is 0 Å². The highest BCUT2D eigenvalue weighted by molar-refractivity contribution is 9.10. The molecule has 1 atom stereocenters. The Morgan fingerprint density at radius 2 is 1.92 bits per heavy atom. The second-order valence-electron chi connectivity index (χ2n) is 8.59.